The molecule has 3 nitrogen and oxygen atoms in total. The highest BCUT2D eigenvalue weighted by atomic mass is 16.2. The molecule has 0 bridgehead atoms. The zero-order chi connectivity index (χ0) is 9.84. The summed E-state index contributed by atoms with van der Waals surface area (Å²) in [5.41, 5.74) is 0. The Kier molecular flexibility index (Phi) is 3.72. The van der Waals surface area contributed by atoms with E-state index in [1.54, 1.807) is 0 Å². The molecule has 0 spiro atoms. The van der Waals surface area contributed by atoms with E-state index in [2.05, 4.69) is 11.9 Å². The zero-order valence-corrected chi connectivity index (χ0v) is 8.92. The van der Waals surface area contributed by atoms with Crippen LogP contribution < -0.4 is 0 Å². The molecular formula is C10H20N2O. The van der Waals surface area contributed by atoms with Gasteiger partial charge in [-0.1, -0.05) is 6.92 Å². The SMILES string of the molecule is CCC(=O)N(C)CC1CCN(C)C1. The molecule has 1 amide bonds. The van der Waals surface area contributed by atoms with E-state index in [0.717, 1.165) is 13.1 Å². The summed E-state index contributed by atoms with van der Waals surface area (Å²) in [6.07, 6.45) is 1.86. The maximum atomic E-state index is 11.3. The van der Waals surface area contributed by atoms with Gasteiger partial charge < -0.3 is 9.80 Å². The van der Waals surface area contributed by atoms with E-state index < -0.39 is 0 Å². The van der Waals surface area contributed by atoms with Crippen LogP contribution in [0, 0.1) is 5.92 Å². The minimum absolute atomic E-state index is 0.259. The number of hydrogen-bond acceptors (Lipinski definition) is 2. The summed E-state index contributed by atoms with van der Waals surface area (Å²) in [6, 6.07) is 0. The van der Waals surface area contributed by atoms with Crippen LogP contribution in [-0.2, 0) is 4.79 Å². The van der Waals surface area contributed by atoms with Crippen molar-refractivity contribution in [3.8, 4) is 0 Å². The van der Waals surface area contributed by atoms with Gasteiger partial charge in [0.25, 0.3) is 0 Å². The monoisotopic (exact) mass is 184 g/mol. The predicted molar refractivity (Wildman–Crippen MR) is 53.5 cm³/mol. The average molecular weight is 184 g/mol. The van der Waals surface area contributed by atoms with Crippen molar-refractivity contribution >= 4 is 5.91 Å². The molecule has 1 heterocycles. The highest BCUT2D eigenvalue weighted by Crippen LogP contribution is 2.15. The fraction of sp³-hybridized carbons (Fsp3) is 0.900. The van der Waals surface area contributed by atoms with E-state index in [1.165, 1.54) is 13.0 Å². The summed E-state index contributed by atoms with van der Waals surface area (Å²) in [7, 11) is 4.05. The fourth-order valence-electron chi connectivity index (χ4n) is 1.93. The van der Waals surface area contributed by atoms with Gasteiger partial charge in [0.1, 0.15) is 0 Å². The van der Waals surface area contributed by atoms with Crippen LogP contribution in [-0.4, -0.2) is 49.4 Å². The molecule has 0 aliphatic carbocycles. The molecule has 0 radical (unpaired) electrons. The highest BCUT2D eigenvalue weighted by Gasteiger charge is 2.21. The summed E-state index contributed by atoms with van der Waals surface area (Å²) < 4.78 is 0. The quantitative estimate of drug-likeness (QED) is 0.648. The first-order valence-corrected chi connectivity index (χ1v) is 5.06. The number of amides is 1. The van der Waals surface area contributed by atoms with Crippen molar-refractivity contribution in [3.05, 3.63) is 0 Å². The number of likely N-dealkylation sites (tertiary alicyclic amines) is 1. The molecule has 13 heavy (non-hydrogen) atoms. The molecule has 0 aromatic rings. The molecule has 1 atom stereocenters. The second-order valence-corrected chi connectivity index (χ2v) is 4.04. The van der Waals surface area contributed by atoms with Crippen molar-refractivity contribution in [1.29, 1.82) is 0 Å². The average Bonchev–Trinajstić information content (AvgIpc) is 2.49. The molecule has 3 heteroatoms. The van der Waals surface area contributed by atoms with Crippen LogP contribution in [0.5, 0.6) is 0 Å². The molecule has 1 rings (SSSR count). The molecule has 0 aromatic carbocycles. The van der Waals surface area contributed by atoms with E-state index in [9.17, 15) is 4.79 Å². The van der Waals surface area contributed by atoms with Gasteiger partial charge in [-0.15, -0.1) is 0 Å². The summed E-state index contributed by atoms with van der Waals surface area (Å²) in [6.45, 7) is 5.16. The second kappa shape index (κ2) is 4.61. The summed E-state index contributed by atoms with van der Waals surface area (Å²) in [4.78, 5) is 15.5. The largest absolute Gasteiger partial charge is 0.345 e. The Balaban J connectivity index is 2.28. The summed E-state index contributed by atoms with van der Waals surface area (Å²) in [5, 5.41) is 0. The maximum absolute atomic E-state index is 11.3. The van der Waals surface area contributed by atoms with Crippen molar-refractivity contribution in [2.45, 2.75) is 19.8 Å². The van der Waals surface area contributed by atoms with Crippen molar-refractivity contribution in [2.75, 3.05) is 33.7 Å². The van der Waals surface area contributed by atoms with Gasteiger partial charge in [-0.25, -0.2) is 0 Å². The predicted octanol–water partition coefficient (Wildman–Crippen LogP) is 0.806. The van der Waals surface area contributed by atoms with Crippen LogP contribution in [0.3, 0.4) is 0 Å². The van der Waals surface area contributed by atoms with Gasteiger partial charge in [0, 0.05) is 26.6 Å². The van der Waals surface area contributed by atoms with Gasteiger partial charge in [-0.05, 0) is 25.9 Å². The number of rotatable bonds is 3. The van der Waals surface area contributed by atoms with Crippen LogP contribution >= 0.6 is 0 Å². The van der Waals surface area contributed by atoms with Crippen molar-refractivity contribution in [2.24, 2.45) is 5.92 Å². The van der Waals surface area contributed by atoms with Gasteiger partial charge in [-0.2, -0.15) is 0 Å². The zero-order valence-electron chi connectivity index (χ0n) is 8.92. The fourth-order valence-corrected chi connectivity index (χ4v) is 1.93. The van der Waals surface area contributed by atoms with Crippen molar-refractivity contribution in [1.82, 2.24) is 9.80 Å². The van der Waals surface area contributed by atoms with Crippen LogP contribution in [0.15, 0.2) is 0 Å². The molecule has 0 aromatic heterocycles. The molecule has 1 aliphatic heterocycles. The van der Waals surface area contributed by atoms with E-state index in [0.29, 0.717) is 12.3 Å². The lowest BCUT2D eigenvalue weighted by molar-refractivity contribution is -0.130. The van der Waals surface area contributed by atoms with E-state index in [-0.39, 0.29) is 5.91 Å². The number of hydrogen-bond donors (Lipinski definition) is 0. The molecule has 0 saturated carbocycles. The molecule has 1 aliphatic rings. The van der Waals surface area contributed by atoms with Gasteiger partial charge in [-0.3, -0.25) is 4.79 Å². The van der Waals surface area contributed by atoms with E-state index in [1.807, 2.05) is 18.9 Å². The number of nitrogens with zero attached hydrogens (tertiary/aromatic N) is 2. The highest BCUT2D eigenvalue weighted by molar-refractivity contribution is 5.75. The minimum Gasteiger partial charge on any atom is -0.345 e. The number of carbonyl (C=O) groups is 1. The van der Waals surface area contributed by atoms with E-state index >= 15 is 0 Å². The Labute approximate surface area is 80.7 Å². The normalized spacial score (nSPS) is 23.5. The van der Waals surface area contributed by atoms with Gasteiger partial charge in [0.15, 0.2) is 0 Å². The third kappa shape index (κ3) is 2.99. The Hall–Kier alpha value is -0.570. The number of carbonyl (C=O) groups excluding carboxylic acids is 1. The first kappa shape index (κ1) is 10.5. The van der Waals surface area contributed by atoms with Gasteiger partial charge in [0.2, 0.25) is 5.91 Å². The van der Waals surface area contributed by atoms with Crippen LogP contribution in [0.1, 0.15) is 19.8 Å². The molecular weight excluding hydrogens is 164 g/mol. The minimum atomic E-state index is 0.259. The second-order valence-electron chi connectivity index (χ2n) is 4.04. The Morgan fingerprint density at radius 2 is 2.31 bits per heavy atom. The van der Waals surface area contributed by atoms with Crippen molar-refractivity contribution < 1.29 is 4.79 Å². The van der Waals surface area contributed by atoms with Crippen LogP contribution in [0.25, 0.3) is 0 Å². The molecule has 1 fully saturated rings. The Morgan fingerprint density at radius 3 is 2.77 bits per heavy atom. The first-order valence-electron chi connectivity index (χ1n) is 5.06. The van der Waals surface area contributed by atoms with E-state index in [4.69, 9.17) is 0 Å². The lowest BCUT2D eigenvalue weighted by Gasteiger charge is -2.20. The van der Waals surface area contributed by atoms with Crippen LogP contribution in [0.2, 0.25) is 0 Å². The molecule has 0 N–H and O–H groups in total. The molecule has 1 unspecified atom stereocenters. The first-order chi connectivity index (χ1) is 6.13. The summed E-state index contributed by atoms with van der Waals surface area (Å²) >= 11 is 0. The Morgan fingerprint density at radius 1 is 1.62 bits per heavy atom. The third-order valence-electron chi connectivity index (χ3n) is 2.75. The molecule has 76 valence electrons. The third-order valence-corrected chi connectivity index (χ3v) is 2.75. The lowest BCUT2D eigenvalue weighted by Crippen LogP contribution is -2.32. The smallest absolute Gasteiger partial charge is 0.222 e. The van der Waals surface area contributed by atoms with Gasteiger partial charge in [0.05, 0.1) is 0 Å². The van der Waals surface area contributed by atoms with Crippen LogP contribution in [0.4, 0.5) is 0 Å². The summed E-state index contributed by atoms with van der Waals surface area (Å²) in [5.74, 6) is 0.944. The topological polar surface area (TPSA) is 23.6 Å². The Bertz CT molecular complexity index is 182. The van der Waals surface area contributed by atoms with Gasteiger partial charge >= 0.3 is 0 Å². The molecule has 1 saturated heterocycles. The van der Waals surface area contributed by atoms with Crippen molar-refractivity contribution in [3.63, 3.8) is 0 Å². The standard InChI is InChI=1S/C10H20N2O/c1-4-10(13)12(3)8-9-5-6-11(2)7-9/h9H,4-8H2,1-3H3. The lowest BCUT2D eigenvalue weighted by atomic mass is 10.1. The maximum Gasteiger partial charge on any atom is 0.222 e.